The Morgan fingerprint density at radius 3 is 1.87 bits per heavy atom. The van der Waals surface area contributed by atoms with Gasteiger partial charge in [0.15, 0.2) is 5.03 Å². The molecule has 1 aromatic heterocycles. The molecule has 0 atom stereocenters. The molecule has 8 nitrogen and oxygen atoms in total. The third kappa shape index (κ3) is 5.18. The summed E-state index contributed by atoms with van der Waals surface area (Å²) in [6.45, 7) is 0.521. The highest BCUT2D eigenvalue weighted by molar-refractivity contribution is 7.89. The fraction of sp³-hybridized carbons (Fsp3) is 0.286. The minimum Gasteiger partial charge on any atom is -0.497 e. The number of rotatable bonds is 10. The van der Waals surface area contributed by atoms with Crippen molar-refractivity contribution in [3.63, 3.8) is 0 Å². The van der Waals surface area contributed by atoms with Gasteiger partial charge in [-0.15, -0.1) is 0 Å². The zero-order chi connectivity index (χ0) is 21.6. The van der Waals surface area contributed by atoms with Crippen LogP contribution in [0.3, 0.4) is 0 Å². The van der Waals surface area contributed by atoms with Gasteiger partial charge in [-0.2, -0.15) is 4.31 Å². The molecule has 3 rings (SSSR count). The number of aliphatic hydroxyl groups excluding tert-OH is 1. The first-order chi connectivity index (χ1) is 14.5. The second-order valence-corrected chi connectivity index (χ2v) is 8.53. The molecular formula is C21H25N3O5S. The van der Waals surface area contributed by atoms with Gasteiger partial charge in [0.25, 0.3) is 10.0 Å². The minimum atomic E-state index is -3.87. The largest absolute Gasteiger partial charge is 0.497 e. The van der Waals surface area contributed by atoms with Gasteiger partial charge < -0.3 is 19.1 Å². The number of ether oxygens (including phenoxy) is 2. The predicted octanol–water partition coefficient (Wildman–Crippen LogP) is 2.28. The van der Waals surface area contributed by atoms with Crippen LogP contribution in [0.5, 0.6) is 11.5 Å². The quantitative estimate of drug-likeness (QED) is 0.529. The molecule has 0 unspecified atom stereocenters. The second kappa shape index (κ2) is 9.75. The van der Waals surface area contributed by atoms with E-state index in [2.05, 4.69) is 4.98 Å². The summed E-state index contributed by atoms with van der Waals surface area (Å²) in [5, 5.41) is 9.03. The molecule has 0 saturated heterocycles. The van der Waals surface area contributed by atoms with E-state index in [0.29, 0.717) is 11.5 Å². The standard InChI is InChI=1S/C21H25N3O5S/c1-28-19-7-3-17(4-8-19)13-24(14-18-5-9-20(29-2)10-6-18)30(26,27)21-15-23(11-12-25)16-22-21/h3-10,15-16,25H,11-14H2,1-2H3. The van der Waals surface area contributed by atoms with Crippen LogP contribution >= 0.6 is 0 Å². The highest BCUT2D eigenvalue weighted by Gasteiger charge is 2.27. The molecule has 1 N–H and O–H groups in total. The molecule has 9 heteroatoms. The SMILES string of the molecule is COc1ccc(CN(Cc2ccc(OC)cc2)S(=O)(=O)c2cn(CCO)cn2)cc1. The van der Waals surface area contributed by atoms with Crippen molar-refractivity contribution in [3.8, 4) is 11.5 Å². The molecule has 160 valence electrons. The van der Waals surface area contributed by atoms with E-state index in [-0.39, 0.29) is 31.3 Å². The lowest BCUT2D eigenvalue weighted by molar-refractivity contribution is 0.276. The maximum atomic E-state index is 13.3. The Morgan fingerprint density at radius 1 is 0.933 bits per heavy atom. The number of hydrogen-bond donors (Lipinski definition) is 1. The molecule has 0 aliphatic heterocycles. The molecule has 0 amide bonds. The van der Waals surface area contributed by atoms with E-state index in [1.807, 2.05) is 24.3 Å². The molecule has 30 heavy (non-hydrogen) atoms. The molecule has 0 bridgehead atoms. The highest BCUT2D eigenvalue weighted by atomic mass is 32.2. The van der Waals surface area contributed by atoms with Crippen LogP contribution in [0.15, 0.2) is 66.1 Å². The molecule has 0 aliphatic rings. The number of aliphatic hydroxyl groups is 1. The molecule has 0 spiro atoms. The van der Waals surface area contributed by atoms with Gasteiger partial charge in [-0.25, -0.2) is 13.4 Å². The van der Waals surface area contributed by atoms with E-state index in [9.17, 15) is 8.42 Å². The summed E-state index contributed by atoms with van der Waals surface area (Å²) in [6, 6.07) is 14.5. The van der Waals surface area contributed by atoms with Crippen LogP contribution in [0.1, 0.15) is 11.1 Å². The van der Waals surface area contributed by atoms with Gasteiger partial charge in [-0.05, 0) is 35.4 Å². The first-order valence-electron chi connectivity index (χ1n) is 9.35. The van der Waals surface area contributed by atoms with E-state index < -0.39 is 10.0 Å². The van der Waals surface area contributed by atoms with Crippen LogP contribution < -0.4 is 9.47 Å². The zero-order valence-electron chi connectivity index (χ0n) is 16.9. The fourth-order valence-electron chi connectivity index (χ4n) is 2.94. The van der Waals surface area contributed by atoms with Crippen molar-refractivity contribution in [2.24, 2.45) is 0 Å². The van der Waals surface area contributed by atoms with Gasteiger partial charge in [-0.3, -0.25) is 0 Å². The van der Waals surface area contributed by atoms with Gasteiger partial charge in [0.2, 0.25) is 0 Å². The Kier molecular flexibility index (Phi) is 7.09. The van der Waals surface area contributed by atoms with Gasteiger partial charge in [0.1, 0.15) is 11.5 Å². The Bertz CT molecular complexity index is 998. The van der Waals surface area contributed by atoms with E-state index in [1.54, 1.807) is 43.1 Å². The Labute approximate surface area is 176 Å². The van der Waals surface area contributed by atoms with Crippen molar-refractivity contribution in [2.45, 2.75) is 24.7 Å². The molecule has 0 radical (unpaired) electrons. The molecule has 3 aromatic rings. The number of sulfonamides is 1. The summed E-state index contributed by atoms with van der Waals surface area (Å²) in [4.78, 5) is 4.05. The van der Waals surface area contributed by atoms with Crippen LogP contribution in [0.2, 0.25) is 0 Å². The summed E-state index contributed by atoms with van der Waals surface area (Å²) < 4.78 is 40.0. The lowest BCUT2D eigenvalue weighted by Crippen LogP contribution is -2.30. The van der Waals surface area contributed by atoms with Gasteiger partial charge >= 0.3 is 0 Å². The summed E-state index contributed by atoms with van der Waals surface area (Å²) in [5.41, 5.74) is 1.64. The Hall–Kier alpha value is -2.88. The lowest BCUT2D eigenvalue weighted by Gasteiger charge is -2.21. The lowest BCUT2D eigenvalue weighted by atomic mass is 10.2. The zero-order valence-corrected chi connectivity index (χ0v) is 17.7. The Balaban J connectivity index is 1.91. The monoisotopic (exact) mass is 431 g/mol. The summed E-state index contributed by atoms with van der Waals surface area (Å²) in [7, 11) is -0.706. The van der Waals surface area contributed by atoms with Crippen molar-refractivity contribution in [3.05, 3.63) is 72.2 Å². The first-order valence-corrected chi connectivity index (χ1v) is 10.8. The average molecular weight is 432 g/mol. The van der Waals surface area contributed by atoms with Crippen molar-refractivity contribution >= 4 is 10.0 Å². The van der Waals surface area contributed by atoms with Crippen molar-refractivity contribution in [1.82, 2.24) is 13.9 Å². The topological polar surface area (TPSA) is 93.9 Å². The maximum absolute atomic E-state index is 13.3. The van der Waals surface area contributed by atoms with E-state index in [0.717, 1.165) is 11.1 Å². The Morgan fingerprint density at radius 2 is 1.43 bits per heavy atom. The smallest absolute Gasteiger partial charge is 0.262 e. The van der Waals surface area contributed by atoms with Crippen LogP contribution in [0.4, 0.5) is 0 Å². The summed E-state index contributed by atoms with van der Waals surface area (Å²) in [5.74, 6) is 1.40. The predicted molar refractivity (Wildman–Crippen MR) is 112 cm³/mol. The average Bonchev–Trinajstić information content (AvgIpc) is 3.24. The fourth-order valence-corrected chi connectivity index (χ4v) is 4.29. The van der Waals surface area contributed by atoms with E-state index in [1.165, 1.54) is 16.8 Å². The molecule has 2 aromatic carbocycles. The molecule has 0 saturated carbocycles. The molecule has 0 fully saturated rings. The van der Waals surface area contributed by atoms with Gasteiger partial charge in [0, 0.05) is 25.8 Å². The van der Waals surface area contributed by atoms with Crippen molar-refractivity contribution < 1.29 is 23.0 Å². The van der Waals surface area contributed by atoms with Gasteiger partial charge in [-0.1, -0.05) is 24.3 Å². The molecule has 0 aliphatic carbocycles. The van der Waals surface area contributed by atoms with E-state index in [4.69, 9.17) is 14.6 Å². The van der Waals surface area contributed by atoms with Crippen LogP contribution in [-0.2, 0) is 29.7 Å². The number of aromatic nitrogens is 2. The maximum Gasteiger partial charge on any atom is 0.262 e. The van der Waals surface area contributed by atoms with Crippen LogP contribution in [-0.4, -0.2) is 48.2 Å². The first kappa shape index (κ1) is 21.8. The van der Waals surface area contributed by atoms with Crippen molar-refractivity contribution in [2.75, 3.05) is 20.8 Å². The summed E-state index contributed by atoms with van der Waals surface area (Å²) in [6.07, 6.45) is 2.84. The van der Waals surface area contributed by atoms with Crippen LogP contribution in [0, 0.1) is 0 Å². The molecular weight excluding hydrogens is 406 g/mol. The normalized spacial score (nSPS) is 11.6. The van der Waals surface area contributed by atoms with E-state index >= 15 is 0 Å². The number of benzene rings is 2. The highest BCUT2D eigenvalue weighted by Crippen LogP contribution is 2.22. The number of methoxy groups -OCH3 is 2. The molecule has 1 heterocycles. The minimum absolute atomic E-state index is 0.0574. The summed E-state index contributed by atoms with van der Waals surface area (Å²) >= 11 is 0. The third-order valence-corrected chi connectivity index (χ3v) is 6.29. The number of imidazole rings is 1. The second-order valence-electron chi connectivity index (χ2n) is 6.64. The van der Waals surface area contributed by atoms with Gasteiger partial charge in [0.05, 0.1) is 27.2 Å². The van der Waals surface area contributed by atoms with Crippen molar-refractivity contribution in [1.29, 1.82) is 0 Å². The third-order valence-electron chi connectivity index (χ3n) is 4.61. The number of hydrogen-bond acceptors (Lipinski definition) is 6. The number of nitrogens with zero attached hydrogens (tertiary/aromatic N) is 3. The van der Waals surface area contributed by atoms with Crippen LogP contribution in [0.25, 0.3) is 0 Å².